The maximum Gasteiger partial charge on any atom is 0.210 e. The normalized spacial score (nSPS) is 42.4. The van der Waals surface area contributed by atoms with E-state index < -0.39 is 17.5 Å². The van der Waals surface area contributed by atoms with Crippen LogP contribution in [0.15, 0.2) is 9.98 Å². The van der Waals surface area contributed by atoms with Gasteiger partial charge in [0.15, 0.2) is 17.6 Å². The summed E-state index contributed by atoms with van der Waals surface area (Å²) in [5.41, 5.74) is 10.3. The first-order chi connectivity index (χ1) is 7.88. The summed E-state index contributed by atoms with van der Waals surface area (Å²) in [7, 11) is 0. The molecule has 0 aromatic heterocycles. The molecular formula is C9H16N6O2. The second-order valence-electron chi connectivity index (χ2n) is 4.80. The summed E-state index contributed by atoms with van der Waals surface area (Å²) < 4.78 is 0. The fourth-order valence-electron chi connectivity index (χ4n) is 3.06. The molecule has 0 aliphatic carbocycles. The molecule has 1 fully saturated rings. The maximum atomic E-state index is 10.2. The summed E-state index contributed by atoms with van der Waals surface area (Å²) in [6.07, 6.45) is 0.169. The zero-order valence-corrected chi connectivity index (χ0v) is 9.46. The average molecular weight is 240 g/mol. The van der Waals surface area contributed by atoms with Crippen LogP contribution in [0, 0.1) is 0 Å². The lowest BCUT2D eigenvalue weighted by Crippen LogP contribution is -2.76. The van der Waals surface area contributed by atoms with Crippen molar-refractivity contribution in [3.8, 4) is 0 Å². The molecule has 94 valence electrons. The van der Waals surface area contributed by atoms with E-state index in [1.54, 1.807) is 4.90 Å². The Kier molecular flexibility index (Phi) is 1.76. The van der Waals surface area contributed by atoms with E-state index in [1.807, 2.05) is 6.92 Å². The van der Waals surface area contributed by atoms with Crippen LogP contribution >= 0.6 is 0 Å². The van der Waals surface area contributed by atoms with Crippen molar-refractivity contribution in [2.45, 2.75) is 36.9 Å². The van der Waals surface area contributed by atoms with E-state index in [0.29, 0.717) is 6.54 Å². The molecule has 3 aliphatic rings. The van der Waals surface area contributed by atoms with E-state index in [9.17, 15) is 10.2 Å². The lowest BCUT2D eigenvalue weighted by molar-refractivity contribution is -0.220. The summed E-state index contributed by atoms with van der Waals surface area (Å²) >= 11 is 0. The SMILES string of the molecule is C[C@@H]1N=C(N)N2CCC(O)(O)[C@@]23NC(N)=N[C@@H]13. The molecule has 0 bridgehead atoms. The Morgan fingerprint density at radius 1 is 1.41 bits per heavy atom. The van der Waals surface area contributed by atoms with Crippen molar-refractivity contribution in [1.82, 2.24) is 10.2 Å². The van der Waals surface area contributed by atoms with Crippen molar-refractivity contribution in [3.05, 3.63) is 0 Å². The van der Waals surface area contributed by atoms with Crippen molar-refractivity contribution in [2.24, 2.45) is 21.5 Å². The molecule has 3 aliphatic heterocycles. The third-order valence-corrected chi connectivity index (χ3v) is 3.81. The Morgan fingerprint density at radius 2 is 2.12 bits per heavy atom. The molecule has 1 spiro atoms. The number of nitrogens with one attached hydrogen (secondary N) is 1. The maximum absolute atomic E-state index is 10.2. The number of hydrogen-bond donors (Lipinski definition) is 5. The van der Waals surface area contributed by atoms with E-state index in [1.165, 1.54) is 0 Å². The van der Waals surface area contributed by atoms with Crippen molar-refractivity contribution >= 4 is 11.9 Å². The highest BCUT2D eigenvalue weighted by atomic mass is 16.5. The Labute approximate surface area is 98.0 Å². The lowest BCUT2D eigenvalue weighted by Gasteiger charge is -2.48. The Bertz CT molecular complexity index is 433. The van der Waals surface area contributed by atoms with E-state index in [-0.39, 0.29) is 24.4 Å². The Morgan fingerprint density at radius 3 is 2.82 bits per heavy atom. The summed E-state index contributed by atoms with van der Waals surface area (Å²) in [6, 6.07) is -0.705. The first-order valence-electron chi connectivity index (χ1n) is 5.55. The van der Waals surface area contributed by atoms with Crippen LogP contribution in [-0.4, -0.2) is 57.1 Å². The number of rotatable bonds is 0. The molecule has 3 rings (SSSR count). The number of nitrogens with zero attached hydrogens (tertiary/aromatic N) is 3. The number of guanidine groups is 2. The fraction of sp³-hybridized carbons (Fsp3) is 0.778. The van der Waals surface area contributed by atoms with Gasteiger partial charge in [0, 0.05) is 13.0 Å². The Hall–Kier alpha value is -1.54. The van der Waals surface area contributed by atoms with Gasteiger partial charge in [-0.1, -0.05) is 0 Å². The molecule has 3 atom stereocenters. The van der Waals surface area contributed by atoms with Crippen LogP contribution in [0.1, 0.15) is 13.3 Å². The topological polar surface area (TPSA) is 132 Å². The first kappa shape index (κ1) is 10.6. The van der Waals surface area contributed by atoms with Gasteiger partial charge in [-0.2, -0.15) is 0 Å². The van der Waals surface area contributed by atoms with Crippen LogP contribution < -0.4 is 16.8 Å². The summed E-state index contributed by atoms with van der Waals surface area (Å²) in [5, 5.41) is 23.3. The van der Waals surface area contributed by atoms with Crippen LogP contribution in [0.4, 0.5) is 0 Å². The summed E-state index contributed by atoms with van der Waals surface area (Å²) in [4.78, 5) is 10.1. The van der Waals surface area contributed by atoms with Gasteiger partial charge in [0.1, 0.15) is 6.04 Å². The highest BCUT2D eigenvalue weighted by molar-refractivity contribution is 5.87. The smallest absolute Gasteiger partial charge is 0.210 e. The molecule has 17 heavy (non-hydrogen) atoms. The largest absolute Gasteiger partial charge is 0.370 e. The summed E-state index contributed by atoms with van der Waals surface area (Å²) in [5.74, 6) is -1.46. The van der Waals surface area contributed by atoms with Gasteiger partial charge >= 0.3 is 0 Å². The molecule has 0 amide bonds. The first-order valence-corrected chi connectivity index (χ1v) is 5.55. The van der Waals surface area contributed by atoms with Gasteiger partial charge in [-0.25, -0.2) is 9.98 Å². The molecule has 0 aromatic rings. The standard InChI is InChI=1S/C9H16N6O2/c1-4-5-9(14-6(10)13-5)8(16,17)2-3-15(9)7(11)12-4/h4-5,16-17H,2-3H2,1H3,(H2,11,12)(H3,10,13,14)/t4-,5-,9-/m0/s1. The molecule has 0 aromatic carbocycles. The molecule has 3 heterocycles. The van der Waals surface area contributed by atoms with Crippen LogP contribution in [0.5, 0.6) is 0 Å². The molecule has 0 unspecified atom stereocenters. The second kappa shape index (κ2) is 2.82. The van der Waals surface area contributed by atoms with E-state index in [4.69, 9.17) is 11.5 Å². The quantitative estimate of drug-likeness (QED) is 0.288. The number of hydrogen-bond acceptors (Lipinski definition) is 8. The molecule has 0 radical (unpaired) electrons. The molecule has 8 heteroatoms. The summed E-state index contributed by atoms with van der Waals surface area (Å²) in [6.45, 7) is 2.23. The lowest BCUT2D eigenvalue weighted by atomic mass is 9.87. The average Bonchev–Trinajstić information content (AvgIpc) is 2.68. The van der Waals surface area contributed by atoms with Gasteiger partial charge in [-0.3, -0.25) is 0 Å². The zero-order valence-electron chi connectivity index (χ0n) is 9.46. The van der Waals surface area contributed by atoms with Crippen molar-refractivity contribution in [2.75, 3.05) is 6.54 Å². The van der Waals surface area contributed by atoms with Crippen molar-refractivity contribution < 1.29 is 10.2 Å². The van der Waals surface area contributed by atoms with Gasteiger partial charge in [0.25, 0.3) is 0 Å². The van der Waals surface area contributed by atoms with Gasteiger partial charge in [-0.15, -0.1) is 0 Å². The second-order valence-corrected chi connectivity index (χ2v) is 4.80. The molecule has 8 nitrogen and oxygen atoms in total. The van der Waals surface area contributed by atoms with Crippen molar-refractivity contribution in [3.63, 3.8) is 0 Å². The fourth-order valence-corrected chi connectivity index (χ4v) is 3.06. The number of aliphatic hydroxyl groups is 2. The number of nitrogens with two attached hydrogens (primary N) is 2. The van der Waals surface area contributed by atoms with Crippen LogP contribution in [-0.2, 0) is 0 Å². The zero-order chi connectivity index (χ0) is 12.4. The minimum absolute atomic E-state index is 0.169. The van der Waals surface area contributed by atoms with E-state index in [0.717, 1.165) is 0 Å². The highest BCUT2D eigenvalue weighted by Gasteiger charge is 2.68. The third kappa shape index (κ3) is 1.04. The molecular weight excluding hydrogens is 224 g/mol. The van der Waals surface area contributed by atoms with Crippen molar-refractivity contribution in [1.29, 1.82) is 0 Å². The third-order valence-electron chi connectivity index (χ3n) is 3.81. The van der Waals surface area contributed by atoms with E-state index in [2.05, 4.69) is 15.3 Å². The van der Waals surface area contributed by atoms with Gasteiger partial charge in [0.05, 0.1) is 6.04 Å². The van der Waals surface area contributed by atoms with Gasteiger partial charge in [0.2, 0.25) is 5.79 Å². The van der Waals surface area contributed by atoms with Crippen LogP contribution in [0.25, 0.3) is 0 Å². The monoisotopic (exact) mass is 240 g/mol. The van der Waals surface area contributed by atoms with Gasteiger partial charge < -0.3 is 31.9 Å². The highest BCUT2D eigenvalue weighted by Crippen LogP contribution is 2.44. The number of aliphatic imine (C=N–C) groups is 2. The predicted molar refractivity (Wildman–Crippen MR) is 60.9 cm³/mol. The van der Waals surface area contributed by atoms with Crippen LogP contribution in [0.3, 0.4) is 0 Å². The van der Waals surface area contributed by atoms with E-state index >= 15 is 0 Å². The molecule has 1 saturated heterocycles. The molecule has 7 N–H and O–H groups in total. The van der Waals surface area contributed by atoms with Gasteiger partial charge in [-0.05, 0) is 6.92 Å². The minimum Gasteiger partial charge on any atom is -0.370 e. The van der Waals surface area contributed by atoms with Crippen LogP contribution in [0.2, 0.25) is 0 Å². The predicted octanol–water partition coefficient (Wildman–Crippen LogP) is -2.93. The minimum atomic E-state index is -1.93. The molecule has 0 saturated carbocycles. The Balaban J connectivity index is 2.16.